The van der Waals surface area contributed by atoms with Gasteiger partial charge in [0.05, 0.1) is 13.7 Å². The van der Waals surface area contributed by atoms with Gasteiger partial charge < -0.3 is 15.6 Å². The van der Waals surface area contributed by atoms with Crippen LogP contribution in [0, 0.1) is 0 Å². The highest BCUT2D eigenvalue weighted by atomic mass is 35.5. The van der Waals surface area contributed by atoms with Gasteiger partial charge in [0.15, 0.2) is 5.16 Å². The Morgan fingerprint density at radius 3 is 2.57 bits per heavy atom. The fourth-order valence-corrected chi connectivity index (χ4v) is 2.52. The number of aromatic nitrogens is 3. The van der Waals surface area contributed by atoms with Gasteiger partial charge in [-0.25, -0.2) is 0 Å². The number of halogens is 1. The molecule has 2 rings (SSSR count). The number of aliphatic hydroxyl groups is 1. The molecular weight excluding hydrogens is 312 g/mol. The number of benzene rings is 1. The number of rotatable bonds is 7. The summed E-state index contributed by atoms with van der Waals surface area (Å²) in [6.45, 7) is 0.616. The van der Waals surface area contributed by atoms with E-state index in [1.165, 1.54) is 11.8 Å². The van der Waals surface area contributed by atoms with E-state index >= 15 is 0 Å². The first-order valence-corrected chi connectivity index (χ1v) is 7.31. The highest BCUT2D eigenvalue weighted by Gasteiger charge is 2.13. The zero-order chi connectivity index (χ0) is 14.4. The molecule has 0 radical (unpaired) electrons. The number of nitrogens with two attached hydrogens (primary N) is 1. The highest BCUT2D eigenvalue weighted by Crippen LogP contribution is 2.23. The third-order valence-electron chi connectivity index (χ3n) is 2.72. The summed E-state index contributed by atoms with van der Waals surface area (Å²) in [4.78, 5) is 0. The van der Waals surface area contributed by atoms with E-state index in [0.717, 1.165) is 22.4 Å². The van der Waals surface area contributed by atoms with Gasteiger partial charge in [-0.1, -0.05) is 11.8 Å². The molecule has 0 amide bonds. The van der Waals surface area contributed by atoms with Crippen molar-refractivity contribution in [2.24, 2.45) is 5.73 Å². The molecule has 116 valence electrons. The monoisotopic (exact) mass is 330 g/mol. The summed E-state index contributed by atoms with van der Waals surface area (Å²) in [6.07, 6.45) is 0.652. The second kappa shape index (κ2) is 8.89. The molecular formula is C13H19ClN4O2S. The minimum atomic E-state index is 0. The maximum Gasteiger partial charge on any atom is 0.195 e. The standard InChI is InChI=1S/C13H18N4O2S.ClH/c1-19-11-4-2-10(3-5-11)17-12(6-7-14)15-16-13(17)20-9-8-18;/h2-5,18H,6-9,14H2,1H3;1H. The lowest BCUT2D eigenvalue weighted by atomic mass is 10.3. The van der Waals surface area contributed by atoms with Crippen LogP contribution in [0.3, 0.4) is 0 Å². The minimum absolute atomic E-state index is 0. The Balaban J connectivity index is 0.00000220. The fraction of sp³-hybridized carbons (Fsp3) is 0.385. The van der Waals surface area contributed by atoms with Crippen molar-refractivity contribution in [1.29, 1.82) is 0 Å². The molecule has 1 heterocycles. The lowest BCUT2D eigenvalue weighted by molar-refractivity contribution is 0.322. The molecule has 0 aliphatic rings. The number of ether oxygens (including phenoxy) is 1. The Labute approximate surface area is 134 Å². The summed E-state index contributed by atoms with van der Waals surface area (Å²) in [7, 11) is 1.64. The number of hydrogen-bond acceptors (Lipinski definition) is 6. The van der Waals surface area contributed by atoms with E-state index in [0.29, 0.717) is 18.7 Å². The van der Waals surface area contributed by atoms with Crippen LogP contribution in [0.15, 0.2) is 29.4 Å². The largest absolute Gasteiger partial charge is 0.497 e. The van der Waals surface area contributed by atoms with Gasteiger partial charge in [0, 0.05) is 17.9 Å². The number of methoxy groups -OCH3 is 1. The van der Waals surface area contributed by atoms with Crippen LogP contribution in [0.1, 0.15) is 5.82 Å². The lowest BCUT2D eigenvalue weighted by Gasteiger charge is -2.10. The normalized spacial score (nSPS) is 10.2. The molecule has 21 heavy (non-hydrogen) atoms. The quantitative estimate of drug-likeness (QED) is 0.744. The molecule has 0 atom stereocenters. The summed E-state index contributed by atoms with van der Waals surface area (Å²) in [5.74, 6) is 2.20. The molecule has 1 aromatic carbocycles. The molecule has 0 aliphatic heterocycles. The number of nitrogens with zero attached hydrogens (tertiary/aromatic N) is 3. The van der Waals surface area contributed by atoms with E-state index < -0.39 is 0 Å². The van der Waals surface area contributed by atoms with Gasteiger partial charge in [0.25, 0.3) is 0 Å². The zero-order valence-corrected chi connectivity index (χ0v) is 13.4. The molecule has 0 spiro atoms. The van der Waals surface area contributed by atoms with Gasteiger partial charge in [-0.05, 0) is 30.8 Å². The summed E-state index contributed by atoms with van der Waals surface area (Å²) < 4.78 is 7.13. The molecule has 8 heteroatoms. The van der Waals surface area contributed by atoms with Crippen molar-refractivity contribution >= 4 is 24.2 Å². The van der Waals surface area contributed by atoms with Crippen LogP contribution < -0.4 is 10.5 Å². The first-order valence-electron chi connectivity index (χ1n) is 6.32. The van der Waals surface area contributed by atoms with Gasteiger partial charge in [-0.15, -0.1) is 22.6 Å². The van der Waals surface area contributed by atoms with E-state index in [2.05, 4.69) is 10.2 Å². The highest BCUT2D eigenvalue weighted by molar-refractivity contribution is 7.99. The van der Waals surface area contributed by atoms with Crippen molar-refractivity contribution in [1.82, 2.24) is 14.8 Å². The molecule has 0 saturated heterocycles. The van der Waals surface area contributed by atoms with Crippen LogP contribution in [0.5, 0.6) is 5.75 Å². The van der Waals surface area contributed by atoms with Crippen LogP contribution >= 0.6 is 24.2 Å². The van der Waals surface area contributed by atoms with Crippen LogP contribution in [-0.4, -0.2) is 45.9 Å². The third kappa shape index (κ3) is 4.34. The topological polar surface area (TPSA) is 86.2 Å². The molecule has 2 aromatic rings. The smallest absolute Gasteiger partial charge is 0.195 e. The molecule has 1 aromatic heterocycles. The lowest BCUT2D eigenvalue weighted by Crippen LogP contribution is -2.09. The van der Waals surface area contributed by atoms with Crippen LogP contribution in [0.2, 0.25) is 0 Å². The van der Waals surface area contributed by atoms with Crippen molar-refractivity contribution in [3.05, 3.63) is 30.1 Å². The van der Waals surface area contributed by atoms with Crippen molar-refractivity contribution in [2.75, 3.05) is 26.0 Å². The van der Waals surface area contributed by atoms with Gasteiger partial charge in [0.1, 0.15) is 11.6 Å². The summed E-state index contributed by atoms with van der Waals surface area (Å²) in [6, 6.07) is 7.68. The zero-order valence-electron chi connectivity index (χ0n) is 11.7. The first kappa shape index (κ1) is 17.8. The SMILES string of the molecule is COc1ccc(-n2c(CCN)nnc2SCCO)cc1.Cl. The summed E-state index contributed by atoms with van der Waals surface area (Å²) >= 11 is 1.47. The third-order valence-corrected chi connectivity index (χ3v) is 3.63. The maximum absolute atomic E-state index is 8.95. The molecule has 6 nitrogen and oxygen atoms in total. The maximum atomic E-state index is 8.95. The summed E-state index contributed by atoms with van der Waals surface area (Å²) in [5, 5.41) is 18.1. The second-order valence-electron chi connectivity index (χ2n) is 4.04. The van der Waals surface area contributed by atoms with E-state index in [1.807, 2.05) is 28.8 Å². The Morgan fingerprint density at radius 1 is 1.29 bits per heavy atom. The average molecular weight is 331 g/mol. The number of hydrogen-bond donors (Lipinski definition) is 2. The molecule has 3 N–H and O–H groups in total. The Morgan fingerprint density at radius 2 is 2.00 bits per heavy atom. The number of aliphatic hydroxyl groups excluding tert-OH is 1. The van der Waals surface area contributed by atoms with Gasteiger partial charge >= 0.3 is 0 Å². The van der Waals surface area contributed by atoms with Gasteiger partial charge in [-0.2, -0.15) is 0 Å². The first-order chi connectivity index (χ1) is 9.80. The van der Waals surface area contributed by atoms with Crippen molar-refractivity contribution in [2.45, 2.75) is 11.6 Å². The van der Waals surface area contributed by atoms with Crippen LogP contribution in [0.4, 0.5) is 0 Å². The molecule has 0 saturated carbocycles. The van der Waals surface area contributed by atoms with Crippen LogP contribution in [0.25, 0.3) is 5.69 Å². The molecule has 0 unspecified atom stereocenters. The van der Waals surface area contributed by atoms with Crippen molar-refractivity contribution < 1.29 is 9.84 Å². The van der Waals surface area contributed by atoms with Gasteiger partial charge in [0.2, 0.25) is 0 Å². The minimum Gasteiger partial charge on any atom is -0.497 e. The molecule has 0 bridgehead atoms. The van der Waals surface area contributed by atoms with E-state index in [1.54, 1.807) is 7.11 Å². The van der Waals surface area contributed by atoms with Crippen LogP contribution in [-0.2, 0) is 6.42 Å². The van der Waals surface area contributed by atoms with E-state index in [-0.39, 0.29) is 19.0 Å². The molecule has 0 aliphatic carbocycles. The van der Waals surface area contributed by atoms with E-state index in [9.17, 15) is 0 Å². The van der Waals surface area contributed by atoms with Crippen molar-refractivity contribution in [3.8, 4) is 11.4 Å². The Bertz CT molecular complexity index is 548. The Kier molecular flexibility index (Phi) is 7.52. The van der Waals surface area contributed by atoms with Gasteiger partial charge in [-0.3, -0.25) is 4.57 Å². The van der Waals surface area contributed by atoms with E-state index in [4.69, 9.17) is 15.6 Å². The Hall–Kier alpha value is -1.28. The second-order valence-corrected chi connectivity index (χ2v) is 5.11. The predicted molar refractivity (Wildman–Crippen MR) is 85.7 cm³/mol. The summed E-state index contributed by atoms with van der Waals surface area (Å²) in [5.41, 5.74) is 6.57. The van der Waals surface area contributed by atoms with Crippen molar-refractivity contribution in [3.63, 3.8) is 0 Å². The number of thioether (sulfide) groups is 1. The molecule has 0 fully saturated rings. The average Bonchev–Trinajstić information content (AvgIpc) is 2.88. The fourth-order valence-electron chi connectivity index (χ4n) is 1.81. The predicted octanol–water partition coefficient (Wildman–Crippen LogP) is 1.28.